The van der Waals surface area contributed by atoms with E-state index in [1.165, 1.54) is 24.1 Å². The van der Waals surface area contributed by atoms with Crippen molar-refractivity contribution in [2.45, 2.75) is 45.3 Å². The Morgan fingerprint density at radius 2 is 1.74 bits per heavy atom. The van der Waals surface area contributed by atoms with Gasteiger partial charge < -0.3 is 5.32 Å². The van der Waals surface area contributed by atoms with Crippen LogP contribution in [0.5, 0.6) is 0 Å². The van der Waals surface area contributed by atoms with Crippen molar-refractivity contribution in [3.63, 3.8) is 0 Å². The van der Waals surface area contributed by atoms with Crippen LogP contribution in [-0.4, -0.2) is 33.7 Å². The molecule has 0 aliphatic carbocycles. The van der Waals surface area contributed by atoms with Crippen molar-refractivity contribution >= 4 is 5.91 Å². The molecule has 6 heteroatoms. The summed E-state index contributed by atoms with van der Waals surface area (Å²) in [5, 5.41) is 7.64. The second-order valence-electron chi connectivity index (χ2n) is 8.42. The van der Waals surface area contributed by atoms with E-state index in [-0.39, 0.29) is 11.7 Å². The zero-order chi connectivity index (χ0) is 21.8. The quantitative estimate of drug-likeness (QED) is 0.656. The number of carbonyl (C=O) groups excluding carboxylic acids is 1. The molecule has 0 saturated carbocycles. The van der Waals surface area contributed by atoms with Crippen LogP contribution in [0.25, 0.3) is 0 Å². The maximum absolute atomic E-state index is 14.6. The predicted octanol–water partition coefficient (Wildman–Crippen LogP) is 4.01. The van der Waals surface area contributed by atoms with E-state index in [9.17, 15) is 9.18 Å². The van der Waals surface area contributed by atoms with Gasteiger partial charge in [-0.1, -0.05) is 48.5 Å². The largest absolute Gasteiger partial charge is 0.347 e. The maximum atomic E-state index is 14.6. The van der Waals surface area contributed by atoms with Crippen molar-refractivity contribution in [1.82, 2.24) is 20.0 Å². The number of likely N-dealkylation sites (tertiary alicyclic amines) is 1. The number of aromatic nitrogens is 2. The molecule has 0 radical (unpaired) electrons. The van der Waals surface area contributed by atoms with Crippen molar-refractivity contribution in [2.24, 2.45) is 0 Å². The molecule has 1 saturated heterocycles. The van der Waals surface area contributed by atoms with Crippen LogP contribution in [0.3, 0.4) is 0 Å². The molecule has 3 aromatic rings. The number of rotatable bonds is 6. The fourth-order valence-corrected chi connectivity index (χ4v) is 4.54. The van der Waals surface area contributed by atoms with Gasteiger partial charge in [-0.25, -0.2) is 4.39 Å². The number of hydrogen-bond donors (Lipinski definition) is 1. The lowest BCUT2D eigenvalue weighted by atomic mass is 9.80. The van der Waals surface area contributed by atoms with E-state index < -0.39 is 5.54 Å². The van der Waals surface area contributed by atoms with Crippen LogP contribution in [-0.2, 0) is 23.4 Å². The predicted molar refractivity (Wildman–Crippen MR) is 119 cm³/mol. The molecule has 5 nitrogen and oxygen atoms in total. The molecule has 4 rings (SSSR count). The number of carbonyl (C=O) groups is 1. The summed E-state index contributed by atoms with van der Waals surface area (Å²) < 4.78 is 16.6. The molecule has 1 amide bonds. The van der Waals surface area contributed by atoms with Gasteiger partial charge in [-0.2, -0.15) is 5.10 Å². The first-order valence-corrected chi connectivity index (χ1v) is 10.8. The molecular weight excluding hydrogens is 391 g/mol. The minimum absolute atomic E-state index is 0.130. The second-order valence-corrected chi connectivity index (χ2v) is 8.42. The summed E-state index contributed by atoms with van der Waals surface area (Å²) in [6, 6.07) is 17.1. The van der Waals surface area contributed by atoms with Crippen LogP contribution < -0.4 is 5.32 Å². The summed E-state index contributed by atoms with van der Waals surface area (Å²) in [5.74, 6) is -0.391. The first-order chi connectivity index (χ1) is 15.0. The highest BCUT2D eigenvalue weighted by Crippen LogP contribution is 2.35. The number of benzene rings is 2. The van der Waals surface area contributed by atoms with Crippen molar-refractivity contribution < 1.29 is 9.18 Å². The zero-order valence-electron chi connectivity index (χ0n) is 18.1. The summed E-state index contributed by atoms with van der Waals surface area (Å²) >= 11 is 0. The number of amides is 1. The topological polar surface area (TPSA) is 50.2 Å². The lowest BCUT2D eigenvalue weighted by Crippen LogP contribution is -2.52. The summed E-state index contributed by atoms with van der Waals surface area (Å²) in [7, 11) is 0. The molecule has 0 unspecified atom stereocenters. The Morgan fingerprint density at radius 3 is 2.42 bits per heavy atom. The smallest absolute Gasteiger partial charge is 0.217 e. The number of piperidine rings is 1. The van der Waals surface area contributed by atoms with E-state index in [4.69, 9.17) is 0 Å². The number of halogens is 1. The van der Waals surface area contributed by atoms with E-state index in [0.29, 0.717) is 18.4 Å². The standard InChI is InChI=1S/C25H29FN4O/c1-19-22(16-27-30(19)17-21-8-4-3-5-9-21)18-29-14-12-25(13-15-29,28-20(2)31)23-10-6-7-11-24(23)26/h3-11,16H,12-15,17-18H2,1-2H3,(H,28,31). The molecular formula is C25H29FN4O. The normalized spacial score (nSPS) is 16.2. The van der Waals surface area contributed by atoms with Crippen molar-refractivity contribution in [3.05, 3.63) is 89.0 Å². The number of hydrogen-bond acceptors (Lipinski definition) is 3. The van der Waals surface area contributed by atoms with Gasteiger partial charge in [0.1, 0.15) is 5.82 Å². The van der Waals surface area contributed by atoms with Crippen LogP contribution in [0.2, 0.25) is 0 Å². The summed E-state index contributed by atoms with van der Waals surface area (Å²) in [4.78, 5) is 14.3. The van der Waals surface area contributed by atoms with Gasteiger partial charge in [-0.05, 0) is 31.4 Å². The molecule has 0 bridgehead atoms. The van der Waals surface area contributed by atoms with Gasteiger partial charge >= 0.3 is 0 Å². The molecule has 162 valence electrons. The fourth-order valence-electron chi connectivity index (χ4n) is 4.54. The van der Waals surface area contributed by atoms with Gasteiger partial charge in [-0.3, -0.25) is 14.4 Å². The highest BCUT2D eigenvalue weighted by molar-refractivity contribution is 5.74. The molecule has 2 heterocycles. The minimum Gasteiger partial charge on any atom is -0.347 e. The average Bonchev–Trinajstić information content (AvgIpc) is 3.09. The first-order valence-electron chi connectivity index (χ1n) is 10.8. The Morgan fingerprint density at radius 1 is 1.06 bits per heavy atom. The third-order valence-corrected chi connectivity index (χ3v) is 6.29. The molecule has 0 spiro atoms. The van der Waals surface area contributed by atoms with E-state index in [1.54, 1.807) is 12.1 Å². The number of nitrogens with zero attached hydrogens (tertiary/aromatic N) is 3. The van der Waals surface area contributed by atoms with E-state index >= 15 is 0 Å². The van der Waals surface area contributed by atoms with E-state index in [2.05, 4.69) is 34.4 Å². The van der Waals surface area contributed by atoms with Gasteiger partial charge in [0.05, 0.1) is 18.3 Å². The Hall–Kier alpha value is -2.99. The van der Waals surface area contributed by atoms with Crippen LogP contribution >= 0.6 is 0 Å². The Kier molecular flexibility index (Phi) is 6.18. The molecule has 2 aromatic carbocycles. The SMILES string of the molecule is CC(=O)NC1(c2ccccc2F)CCN(Cc2cnn(Cc3ccccc3)c2C)CC1. The lowest BCUT2D eigenvalue weighted by molar-refractivity contribution is -0.121. The highest BCUT2D eigenvalue weighted by Gasteiger charge is 2.38. The van der Waals surface area contributed by atoms with Gasteiger partial charge in [0.15, 0.2) is 0 Å². The Bertz CT molecular complexity index is 1040. The van der Waals surface area contributed by atoms with Crippen LogP contribution in [0.1, 0.15) is 42.1 Å². The van der Waals surface area contributed by atoms with Crippen LogP contribution in [0.4, 0.5) is 4.39 Å². The van der Waals surface area contributed by atoms with Crippen LogP contribution in [0.15, 0.2) is 60.8 Å². The van der Waals surface area contributed by atoms with Crippen molar-refractivity contribution in [2.75, 3.05) is 13.1 Å². The van der Waals surface area contributed by atoms with Crippen molar-refractivity contribution in [3.8, 4) is 0 Å². The third-order valence-electron chi connectivity index (χ3n) is 6.29. The lowest BCUT2D eigenvalue weighted by Gasteiger charge is -2.42. The van der Waals surface area contributed by atoms with Crippen LogP contribution in [0, 0.1) is 12.7 Å². The Labute approximate surface area is 182 Å². The zero-order valence-corrected chi connectivity index (χ0v) is 18.1. The molecule has 1 N–H and O–H groups in total. The average molecular weight is 421 g/mol. The monoisotopic (exact) mass is 420 g/mol. The summed E-state index contributed by atoms with van der Waals surface area (Å²) in [6.45, 7) is 6.71. The van der Waals surface area contributed by atoms with Gasteiger partial charge in [0.2, 0.25) is 5.91 Å². The molecule has 1 fully saturated rings. The minimum atomic E-state index is -0.653. The highest BCUT2D eigenvalue weighted by atomic mass is 19.1. The molecule has 31 heavy (non-hydrogen) atoms. The molecule has 1 aromatic heterocycles. The summed E-state index contributed by atoms with van der Waals surface area (Å²) in [5.41, 5.74) is 3.52. The van der Waals surface area contributed by atoms with Crippen molar-refractivity contribution in [1.29, 1.82) is 0 Å². The van der Waals surface area contributed by atoms with E-state index in [0.717, 1.165) is 31.9 Å². The third kappa shape index (κ3) is 4.69. The number of nitrogens with one attached hydrogen (secondary N) is 1. The fraction of sp³-hybridized carbons (Fsp3) is 0.360. The first kappa shape index (κ1) is 21.2. The Balaban J connectivity index is 1.45. The van der Waals surface area contributed by atoms with Gasteiger partial charge in [0.25, 0.3) is 0 Å². The van der Waals surface area contributed by atoms with Gasteiger partial charge in [0, 0.05) is 43.4 Å². The van der Waals surface area contributed by atoms with Gasteiger partial charge in [-0.15, -0.1) is 0 Å². The molecule has 1 aliphatic heterocycles. The summed E-state index contributed by atoms with van der Waals surface area (Å²) in [6.07, 6.45) is 3.29. The maximum Gasteiger partial charge on any atom is 0.217 e. The second kappa shape index (κ2) is 9.02. The molecule has 0 atom stereocenters. The molecule has 1 aliphatic rings. The van der Waals surface area contributed by atoms with E-state index in [1.807, 2.05) is 35.1 Å².